The van der Waals surface area contributed by atoms with Crippen molar-refractivity contribution in [2.45, 2.75) is 45.1 Å². The zero-order valence-corrected chi connectivity index (χ0v) is 12.3. The first kappa shape index (κ1) is 12.9. The molecule has 0 aliphatic heterocycles. The maximum atomic E-state index is 5.43. The summed E-state index contributed by atoms with van der Waals surface area (Å²) in [6, 6.07) is 9.13. The van der Waals surface area contributed by atoms with Gasteiger partial charge in [-0.25, -0.2) is 0 Å². The Labute approximate surface area is 121 Å². The number of fused-ring (bicyclic) bond motifs is 2. The van der Waals surface area contributed by atoms with Gasteiger partial charge in [-0.2, -0.15) is 0 Å². The molecule has 0 aromatic heterocycles. The molecule has 2 N–H and O–H groups in total. The lowest BCUT2D eigenvalue weighted by Crippen LogP contribution is -2.40. The lowest BCUT2D eigenvalue weighted by atomic mass is 9.96. The second kappa shape index (κ2) is 5.49. The number of nitrogens with one attached hydrogen (secondary N) is 2. The Balaban J connectivity index is 1.53. The quantitative estimate of drug-likeness (QED) is 0.821. The molecule has 3 atom stereocenters. The number of rotatable bonds is 3. The van der Waals surface area contributed by atoms with E-state index in [9.17, 15) is 0 Å². The third-order valence-electron chi connectivity index (χ3n) is 4.67. The Morgan fingerprint density at radius 3 is 2.58 bits per heavy atom. The van der Waals surface area contributed by atoms with Crippen LogP contribution in [0.15, 0.2) is 24.3 Å². The fourth-order valence-electron chi connectivity index (χ4n) is 3.58. The lowest BCUT2D eigenvalue weighted by Gasteiger charge is -2.24. The predicted molar refractivity (Wildman–Crippen MR) is 84.4 cm³/mol. The van der Waals surface area contributed by atoms with Crippen molar-refractivity contribution in [2.75, 3.05) is 5.32 Å². The van der Waals surface area contributed by atoms with Crippen LogP contribution in [-0.4, -0.2) is 11.2 Å². The molecule has 2 bridgehead atoms. The summed E-state index contributed by atoms with van der Waals surface area (Å²) in [6.07, 6.45) is 6.61. The molecule has 2 aliphatic rings. The largest absolute Gasteiger partial charge is 0.359 e. The molecule has 0 amide bonds. The molecule has 3 rings (SSSR count). The Kier molecular flexibility index (Phi) is 3.74. The molecule has 2 saturated carbocycles. The highest BCUT2D eigenvalue weighted by molar-refractivity contribution is 7.80. The van der Waals surface area contributed by atoms with E-state index >= 15 is 0 Å². The van der Waals surface area contributed by atoms with E-state index in [0.717, 1.165) is 29.1 Å². The molecule has 0 unspecified atom stereocenters. The van der Waals surface area contributed by atoms with Crippen LogP contribution >= 0.6 is 12.2 Å². The summed E-state index contributed by atoms with van der Waals surface area (Å²) < 4.78 is 0. The van der Waals surface area contributed by atoms with Gasteiger partial charge in [0, 0.05) is 11.7 Å². The van der Waals surface area contributed by atoms with Crippen LogP contribution in [0.4, 0.5) is 5.69 Å². The summed E-state index contributed by atoms with van der Waals surface area (Å²) in [5.74, 6) is 1.81. The van der Waals surface area contributed by atoms with Crippen molar-refractivity contribution in [1.82, 2.24) is 5.32 Å². The SMILES string of the molecule is CCc1ccc(NC(=S)N[C@H]2C[C@H]3CC[C@H]2C3)cc1. The molecule has 2 aliphatic carbocycles. The van der Waals surface area contributed by atoms with Crippen LogP contribution in [0, 0.1) is 11.8 Å². The minimum atomic E-state index is 0.605. The molecule has 2 nitrogen and oxygen atoms in total. The molecule has 0 heterocycles. The number of hydrogen-bond acceptors (Lipinski definition) is 1. The molecule has 3 heteroatoms. The number of benzene rings is 1. The highest BCUT2D eigenvalue weighted by Crippen LogP contribution is 2.44. The topological polar surface area (TPSA) is 24.1 Å². The van der Waals surface area contributed by atoms with Crippen molar-refractivity contribution < 1.29 is 0 Å². The van der Waals surface area contributed by atoms with Crippen LogP contribution in [0.1, 0.15) is 38.2 Å². The van der Waals surface area contributed by atoms with Gasteiger partial charge in [-0.1, -0.05) is 25.5 Å². The molecule has 102 valence electrons. The number of thiocarbonyl (C=S) groups is 1. The second-order valence-electron chi connectivity index (χ2n) is 5.93. The fourth-order valence-corrected chi connectivity index (χ4v) is 3.85. The van der Waals surface area contributed by atoms with Crippen molar-refractivity contribution >= 4 is 23.0 Å². The van der Waals surface area contributed by atoms with Crippen LogP contribution in [0.5, 0.6) is 0 Å². The standard InChI is InChI=1S/C16H22N2S/c1-2-11-4-7-14(8-5-11)17-16(19)18-15-10-12-3-6-13(15)9-12/h4-5,7-8,12-13,15H,2-3,6,9-10H2,1H3,(H2,17,18,19)/t12-,13-,15-/m0/s1. The van der Waals surface area contributed by atoms with E-state index in [2.05, 4.69) is 41.8 Å². The van der Waals surface area contributed by atoms with Gasteiger partial charge in [-0.05, 0) is 67.4 Å². The summed E-state index contributed by atoms with van der Waals surface area (Å²) in [4.78, 5) is 0. The average Bonchev–Trinajstić information content (AvgIpc) is 3.02. The number of hydrogen-bond donors (Lipinski definition) is 2. The highest BCUT2D eigenvalue weighted by Gasteiger charge is 2.39. The molecular weight excluding hydrogens is 252 g/mol. The minimum absolute atomic E-state index is 0.605. The smallest absolute Gasteiger partial charge is 0.171 e. The second-order valence-corrected chi connectivity index (χ2v) is 6.34. The maximum Gasteiger partial charge on any atom is 0.171 e. The van der Waals surface area contributed by atoms with Crippen molar-refractivity contribution in [1.29, 1.82) is 0 Å². The van der Waals surface area contributed by atoms with Crippen LogP contribution in [0.2, 0.25) is 0 Å². The van der Waals surface area contributed by atoms with Crippen molar-refractivity contribution in [2.24, 2.45) is 11.8 Å². The monoisotopic (exact) mass is 274 g/mol. The first-order chi connectivity index (χ1) is 9.24. The van der Waals surface area contributed by atoms with Gasteiger partial charge in [0.25, 0.3) is 0 Å². The lowest BCUT2D eigenvalue weighted by molar-refractivity contribution is 0.392. The molecular formula is C16H22N2S. The Morgan fingerprint density at radius 1 is 1.21 bits per heavy atom. The summed E-state index contributed by atoms with van der Waals surface area (Å²) in [5.41, 5.74) is 2.44. The van der Waals surface area contributed by atoms with E-state index in [1.54, 1.807) is 0 Å². The molecule has 0 spiro atoms. The van der Waals surface area contributed by atoms with E-state index in [0.29, 0.717) is 6.04 Å². The van der Waals surface area contributed by atoms with Gasteiger partial charge in [0.05, 0.1) is 0 Å². The van der Waals surface area contributed by atoms with Gasteiger partial charge >= 0.3 is 0 Å². The third-order valence-corrected chi connectivity index (χ3v) is 4.89. The summed E-state index contributed by atoms with van der Waals surface area (Å²) >= 11 is 5.43. The average molecular weight is 274 g/mol. The number of anilines is 1. The maximum absolute atomic E-state index is 5.43. The Hall–Kier alpha value is -1.09. The van der Waals surface area contributed by atoms with E-state index < -0.39 is 0 Å². The predicted octanol–water partition coefficient (Wildman–Crippen LogP) is 3.72. The van der Waals surface area contributed by atoms with Gasteiger partial charge in [0.2, 0.25) is 0 Å². The third kappa shape index (κ3) is 2.92. The van der Waals surface area contributed by atoms with Crippen molar-refractivity contribution in [3.8, 4) is 0 Å². The van der Waals surface area contributed by atoms with Gasteiger partial charge in [0.1, 0.15) is 0 Å². The summed E-state index contributed by atoms with van der Waals surface area (Å²) in [7, 11) is 0. The van der Waals surface area contributed by atoms with Crippen molar-refractivity contribution in [3.05, 3.63) is 29.8 Å². The molecule has 0 radical (unpaired) electrons. The Morgan fingerprint density at radius 2 is 2.00 bits per heavy atom. The zero-order chi connectivity index (χ0) is 13.2. The molecule has 19 heavy (non-hydrogen) atoms. The summed E-state index contributed by atoms with van der Waals surface area (Å²) in [6.45, 7) is 2.17. The van der Waals surface area contributed by atoms with Gasteiger partial charge in [-0.15, -0.1) is 0 Å². The van der Waals surface area contributed by atoms with Crippen LogP contribution < -0.4 is 10.6 Å². The van der Waals surface area contributed by atoms with Crippen LogP contribution in [0.25, 0.3) is 0 Å². The molecule has 2 fully saturated rings. The molecule has 1 aromatic rings. The van der Waals surface area contributed by atoms with Gasteiger partial charge in [-0.3, -0.25) is 0 Å². The van der Waals surface area contributed by atoms with Crippen LogP contribution in [0.3, 0.4) is 0 Å². The van der Waals surface area contributed by atoms with Gasteiger partial charge < -0.3 is 10.6 Å². The van der Waals surface area contributed by atoms with Gasteiger partial charge in [0.15, 0.2) is 5.11 Å². The van der Waals surface area contributed by atoms with Crippen LogP contribution in [-0.2, 0) is 6.42 Å². The van der Waals surface area contributed by atoms with E-state index in [-0.39, 0.29) is 0 Å². The fraction of sp³-hybridized carbons (Fsp3) is 0.562. The zero-order valence-electron chi connectivity index (χ0n) is 11.5. The molecule has 1 aromatic carbocycles. The first-order valence-corrected chi connectivity index (χ1v) is 7.82. The van der Waals surface area contributed by atoms with E-state index in [4.69, 9.17) is 12.2 Å². The minimum Gasteiger partial charge on any atom is -0.359 e. The highest BCUT2D eigenvalue weighted by atomic mass is 32.1. The first-order valence-electron chi connectivity index (χ1n) is 7.41. The summed E-state index contributed by atoms with van der Waals surface area (Å²) in [5, 5.41) is 7.59. The van der Waals surface area contributed by atoms with E-state index in [1.807, 2.05) is 0 Å². The molecule has 0 saturated heterocycles. The van der Waals surface area contributed by atoms with Crippen molar-refractivity contribution in [3.63, 3.8) is 0 Å². The Bertz CT molecular complexity index is 454. The number of aryl methyl sites for hydroxylation is 1. The van der Waals surface area contributed by atoms with E-state index in [1.165, 1.54) is 31.2 Å². The normalized spacial score (nSPS) is 28.4.